The fourth-order valence-electron chi connectivity index (χ4n) is 9.45. The largest absolute Gasteiger partial charge is 0.396 e. The van der Waals surface area contributed by atoms with E-state index < -0.39 is 43.4 Å². The summed E-state index contributed by atoms with van der Waals surface area (Å²) in [5, 5.41) is 28.1. The average molecular weight is 1120 g/mol. The van der Waals surface area contributed by atoms with Crippen LogP contribution in [0, 0.1) is 0 Å². The predicted molar refractivity (Wildman–Crippen MR) is 309 cm³/mol. The highest BCUT2D eigenvalue weighted by molar-refractivity contribution is 8.00. The summed E-state index contributed by atoms with van der Waals surface area (Å²) in [7, 11) is -7.82. The molecule has 6 aromatic rings. The van der Waals surface area contributed by atoms with E-state index in [1.165, 1.54) is 17.1 Å². The highest BCUT2D eigenvalue weighted by Gasteiger charge is 2.49. The SMILES string of the molecule is CC(C)(C)N1C(=O)C(NCCCO)=C(c2ccccc2)S1(=O)=O.CC(C)N1C(=O)C(NC2CCC(O)CC2)=C(c2ccccc2)S1(=O)=O.O=c1c(NCCCCc2ccccc2)c(-c2ccccc2)sn1Cc1cccnc1. The number of nitrogens with one attached hydrogen (secondary N) is 3. The Morgan fingerprint density at radius 1 is 0.654 bits per heavy atom. The van der Waals surface area contributed by atoms with E-state index >= 15 is 0 Å². The Balaban J connectivity index is 0.000000171. The van der Waals surface area contributed by atoms with Gasteiger partial charge in [0.05, 0.1) is 23.1 Å². The van der Waals surface area contributed by atoms with Gasteiger partial charge in [-0.2, -0.15) is 0 Å². The maximum absolute atomic E-state index is 13.1. The third-order valence-electron chi connectivity index (χ3n) is 13.1. The van der Waals surface area contributed by atoms with Crippen molar-refractivity contribution < 1.29 is 36.6 Å². The molecule has 1 fully saturated rings. The van der Waals surface area contributed by atoms with Crippen LogP contribution in [0.2, 0.25) is 0 Å². The lowest BCUT2D eigenvalue weighted by atomic mass is 9.93. The molecule has 16 nitrogen and oxygen atoms in total. The third kappa shape index (κ3) is 14.2. The number of rotatable bonds is 18. The number of hydrogen-bond acceptors (Lipinski definition) is 14. The molecule has 78 heavy (non-hydrogen) atoms. The number of aliphatic hydroxyl groups excluding tert-OH is 2. The normalized spacial score (nSPS) is 17.8. The topological polar surface area (TPSA) is 220 Å². The lowest BCUT2D eigenvalue weighted by molar-refractivity contribution is -0.125. The number of amides is 2. The van der Waals surface area contributed by atoms with Crippen LogP contribution in [0.5, 0.6) is 0 Å². The monoisotopic (exact) mass is 1120 g/mol. The Bertz CT molecular complexity index is 3300. The number of hydrogen-bond donors (Lipinski definition) is 5. The Kier molecular flexibility index (Phi) is 20.1. The highest BCUT2D eigenvalue weighted by atomic mass is 32.2. The summed E-state index contributed by atoms with van der Waals surface area (Å²) < 4.78 is 55.6. The minimum atomic E-state index is -3.94. The molecule has 4 aromatic carbocycles. The van der Waals surface area contributed by atoms with Gasteiger partial charge in [-0.15, -0.1) is 0 Å². The summed E-state index contributed by atoms with van der Waals surface area (Å²) in [4.78, 5) is 43.9. The molecule has 0 unspecified atom stereocenters. The maximum Gasteiger partial charge on any atom is 0.285 e. The van der Waals surface area contributed by atoms with Crippen molar-refractivity contribution in [3.05, 3.63) is 190 Å². The van der Waals surface area contributed by atoms with Crippen molar-refractivity contribution in [2.75, 3.05) is 25.0 Å². The van der Waals surface area contributed by atoms with Crippen molar-refractivity contribution in [3.63, 3.8) is 0 Å². The van der Waals surface area contributed by atoms with Crippen LogP contribution in [-0.4, -0.2) is 99.8 Å². The molecule has 9 rings (SSSR count). The van der Waals surface area contributed by atoms with Gasteiger partial charge in [0, 0.05) is 44.2 Å². The van der Waals surface area contributed by atoms with Crippen LogP contribution in [0.15, 0.2) is 162 Å². The number of unbranched alkanes of at least 4 members (excludes halogenated alkanes) is 1. The van der Waals surface area contributed by atoms with Gasteiger partial charge in [-0.25, -0.2) is 25.4 Å². The Morgan fingerprint density at radius 2 is 1.19 bits per heavy atom. The molecule has 4 heterocycles. The van der Waals surface area contributed by atoms with Crippen LogP contribution >= 0.6 is 11.5 Å². The fourth-order valence-corrected chi connectivity index (χ4v) is 14.5. The summed E-state index contributed by atoms with van der Waals surface area (Å²) in [6, 6.07) is 41.4. The zero-order chi connectivity index (χ0) is 56.0. The van der Waals surface area contributed by atoms with Gasteiger partial charge in [-0.05, 0) is 120 Å². The number of anilines is 1. The van der Waals surface area contributed by atoms with Gasteiger partial charge in [-0.1, -0.05) is 139 Å². The van der Waals surface area contributed by atoms with Crippen molar-refractivity contribution in [2.45, 2.75) is 116 Å². The first-order valence-electron chi connectivity index (χ1n) is 26.4. The Hall–Kier alpha value is -6.90. The summed E-state index contributed by atoms with van der Waals surface area (Å²) >= 11 is 1.51. The average Bonchev–Trinajstić information content (AvgIpc) is 4.10. The van der Waals surface area contributed by atoms with E-state index in [4.69, 9.17) is 5.11 Å². The second-order valence-corrected chi connectivity index (χ2v) is 25.0. The van der Waals surface area contributed by atoms with Crippen LogP contribution in [0.3, 0.4) is 0 Å². The minimum Gasteiger partial charge on any atom is -0.396 e. The van der Waals surface area contributed by atoms with Crippen LogP contribution in [-0.2, 0) is 42.6 Å². The van der Waals surface area contributed by atoms with Crippen LogP contribution < -0.4 is 21.5 Å². The standard InChI is InChI=1S/C25H25N3OS.C18H24N2O4S.C16H22N2O4S/c29-25-23(27-17-8-7-12-20-10-3-1-4-11-20)24(22-14-5-2-6-15-22)30-28(25)19-21-13-9-16-26-18-21;1-12(2)20-18(22)16(19-14-8-10-15(21)11-9-14)17(25(20,23)24)13-6-4-3-5-7-13;1-16(2,3)18-15(20)13(17-10-7-11-19)14(23(18,21)22)12-8-5-4-6-9-12/h1-6,9-11,13-16,18,27H,7-8,12,17,19H2;3-7,12,14-15,19,21H,8-11H2,1-2H3;4-6,8-9,17,19H,7,10-11H2,1-3H3. The Morgan fingerprint density at radius 3 is 1.73 bits per heavy atom. The van der Waals surface area contributed by atoms with Crippen LogP contribution in [0.1, 0.15) is 102 Å². The predicted octanol–water partition coefficient (Wildman–Crippen LogP) is 8.58. The van der Waals surface area contributed by atoms with Gasteiger partial charge in [0.2, 0.25) is 0 Å². The number of sulfonamides is 2. The number of pyridine rings is 1. The molecule has 0 saturated heterocycles. The molecule has 0 atom stereocenters. The molecule has 3 aliphatic rings. The van der Waals surface area contributed by atoms with E-state index in [2.05, 4.69) is 57.3 Å². The quantitative estimate of drug-likeness (QED) is 0.0510. The summed E-state index contributed by atoms with van der Waals surface area (Å²) in [5.74, 6) is -1.06. The summed E-state index contributed by atoms with van der Waals surface area (Å²) in [5.41, 5.74) is 4.52. The molecular formula is C59H71N7O9S3. The van der Waals surface area contributed by atoms with Crippen molar-refractivity contribution in [2.24, 2.45) is 0 Å². The first kappa shape index (κ1) is 58.8. The van der Waals surface area contributed by atoms with Crippen LogP contribution in [0.25, 0.3) is 20.3 Å². The molecule has 0 bridgehead atoms. The first-order valence-corrected chi connectivity index (χ1v) is 30.0. The second-order valence-electron chi connectivity index (χ2n) is 20.5. The van der Waals surface area contributed by atoms with E-state index in [9.17, 15) is 36.3 Å². The molecule has 0 radical (unpaired) electrons. The molecule has 414 valence electrons. The second kappa shape index (κ2) is 26.6. The third-order valence-corrected chi connectivity index (χ3v) is 18.5. The lowest BCUT2D eigenvalue weighted by Crippen LogP contribution is -2.46. The van der Waals surface area contributed by atoms with Crippen molar-refractivity contribution in [1.29, 1.82) is 0 Å². The zero-order valence-electron chi connectivity index (χ0n) is 44.8. The molecule has 2 aliphatic heterocycles. The summed E-state index contributed by atoms with van der Waals surface area (Å²) in [6.45, 7) is 10.0. The van der Waals surface area contributed by atoms with E-state index in [1.807, 2.05) is 52.6 Å². The Labute approximate surface area is 462 Å². The van der Waals surface area contributed by atoms with Gasteiger partial charge in [0.1, 0.15) is 26.9 Å². The van der Waals surface area contributed by atoms with Gasteiger partial charge < -0.3 is 26.2 Å². The molecule has 19 heteroatoms. The first-order chi connectivity index (χ1) is 37.3. The van der Waals surface area contributed by atoms with Gasteiger partial charge in [-0.3, -0.25) is 23.3 Å². The van der Waals surface area contributed by atoms with E-state index in [1.54, 1.807) is 95.4 Å². The van der Waals surface area contributed by atoms with Crippen LogP contribution in [0.4, 0.5) is 5.69 Å². The molecule has 1 saturated carbocycles. The van der Waals surface area contributed by atoms with E-state index in [0.717, 1.165) is 50.4 Å². The van der Waals surface area contributed by atoms with Gasteiger partial charge in [0.25, 0.3) is 37.4 Å². The van der Waals surface area contributed by atoms with Crippen molar-refractivity contribution in [1.82, 2.24) is 28.2 Å². The zero-order valence-corrected chi connectivity index (χ0v) is 47.3. The number of benzene rings is 4. The number of aliphatic hydroxyl groups is 2. The van der Waals surface area contributed by atoms with E-state index in [0.29, 0.717) is 62.0 Å². The molecule has 2 aromatic heterocycles. The number of aryl methyl sites for hydroxylation is 1. The molecule has 0 spiro atoms. The minimum absolute atomic E-state index is 0.00374. The van der Waals surface area contributed by atoms with Crippen molar-refractivity contribution >= 4 is 58.9 Å². The maximum atomic E-state index is 13.1. The molecule has 1 aliphatic carbocycles. The number of carbonyl (C=O) groups excluding carboxylic acids is 2. The number of nitrogens with zero attached hydrogens (tertiary/aromatic N) is 4. The number of carbonyl (C=O) groups is 2. The van der Waals surface area contributed by atoms with Gasteiger partial charge >= 0.3 is 0 Å². The number of aromatic nitrogens is 2. The smallest absolute Gasteiger partial charge is 0.285 e. The van der Waals surface area contributed by atoms with Crippen molar-refractivity contribution in [3.8, 4) is 10.4 Å². The summed E-state index contributed by atoms with van der Waals surface area (Å²) in [6.07, 6.45) is 9.56. The lowest BCUT2D eigenvalue weighted by Gasteiger charge is -2.30. The highest BCUT2D eigenvalue weighted by Crippen LogP contribution is 2.40. The molecule has 5 N–H and O–H groups in total. The fraction of sp³-hybridized carbons (Fsp3) is 0.356. The van der Waals surface area contributed by atoms with Gasteiger partial charge in [0.15, 0.2) is 0 Å². The molecular weight excluding hydrogens is 1050 g/mol. The van der Waals surface area contributed by atoms with E-state index in [-0.39, 0.29) is 45.5 Å². The molecule has 2 amide bonds.